The summed E-state index contributed by atoms with van der Waals surface area (Å²) < 4.78 is 0. The molecule has 0 saturated carbocycles. The van der Waals surface area contributed by atoms with Gasteiger partial charge in [-0.3, -0.25) is 0 Å². The van der Waals surface area contributed by atoms with E-state index in [2.05, 4.69) is 5.32 Å². The summed E-state index contributed by atoms with van der Waals surface area (Å²) in [7, 11) is 0. The maximum atomic E-state index is 9.36. The van der Waals surface area contributed by atoms with E-state index in [1.165, 1.54) is 0 Å². The largest absolute Gasteiger partial charge is 0.396 e. The molecule has 0 aromatic carbocycles. The average Bonchev–Trinajstić information content (AvgIpc) is 2.37. The van der Waals surface area contributed by atoms with Gasteiger partial charge in [0.1, 0.15) is 0 Å². The van der Waals surface area contributed by atoms with Gasteiger partial charge in [-0.2, -0.15) is 0 Å². The molecule has 0 radical (unpaired) electrons. The number of nitrogens with one attached hydrogen (secondary N) is 1. The zero-order valence-electron chi connectivity index (χ0n) is 10.2. The lowest BCUT2D eigenvalue weighted by Gasteiger charge is -2.36. The molecular formula is C11H25NO4. The van der Waals surface area contributed by atoms with E-state index in [9.17, 15) is 5.11 Å². The van der Waals surface area contributed by atoms with Crippen LogP contribution in [0.2, 0.25) is 0 Å². The third kappa shape index (κ3) is 3.68. The molecule has 98 valence electrons. The first-order valence-electron chi connectivity index (χ1n) is 5.76. The molecule has 0 unspecified atom stereocenters. The molecule has 0 aromatic rings. The molecule has 0 rings (SSSR count). The Morgan fingerprint density at radius 1 is 0.812 bits per heavy atom. The van der Waals surface area contributed by atoms with Crippen LogP contribution < -0.4 is 5.32 Å². The Balaban J connectivity index is 4.48. The minimum atomic E-state index is -1.06. The molecule has 0 heterocycles. The molecule has 0 aliphatic carbocycles. The van der Waals surface area contributed by atoms with Gasteiger partial charge in [-0.05, 0) is 12.8 Å². The number of aliphatic hydroxyl groups excluding tert-OH is 4. The van der Waals surface area contributed by atoms with E-state index in [0.717, 1.165) is 12.8 Å². The van der Waals surface area contributed by atoms with Crippen LogP contribution in [0.1, 0.15) is 26.7 Å². The van der Waals surface area contributed by atoms with Crippen LogP contribution in [0.3, 0.4) is 0 Å². The second-order valence-electron chi connectivity index (χ2n) is 4.47. The molecule has 0 amide bonds. The van der Waals surface area contributed by atoms with Crippen molar-refractivity contribution in [1.82, 2.24) is 5.32 Å². The van der Waals surface area contributed by atoms with E-state index in [0.29, 0.717) is 6.54 Å². The Morgan fingerprint density at radius 2 is 1.25 bits per heavy atom. The molecule has 0 aliphatic rings. The number of aliphatic hydroxyl groups is 4. The second kappa shape index (κ2) is 7.19. The lowest BCUT2D eigenvalue weighted by Crippen LogP contribution is -2.57. The lowest BCUT2D eigenvalue weighted by molar-refractivity contribution is 0.0231. The van der Waals surface area contributed by atoms with Crippen LogP contribution in [0.5, 0.6) is 0 Å². The predicted octanol–water partition coefficient (Wildman–Crippen LogP) is -0.910. The zero-order valence-corrected chi connectivity index (χ0v) is 10.2. The van der Waals surface area contributed by atoms with Crippen LogP contribution in [0.25, 0.3) is 0 Å². The number of hydrogen-bond donors (Lipinski definition) is 5. The van der Waals surface area contributed by atoms with Crippen molar-refractivity contribution in [2.24, 2.45) is 5.41 Å². The first-order valence-corrected chi connectivity index (χ1v) is 5.76. The summed E-state index contributed by atoms with van der Waals surface area (Å²) in [5.41, 5.74) is -1.32. The minimum absolute atomic E-state index is 0.0470. The van der Waals surface area contributed by atoms with Gasteiger partial charge in [-0.1, -0.05) is 13.8 Å². The second-order valence-corrected chi connectivity index (χ2v) is 4.47. The third-order valence-electron chi connectivity index (χ3n) is 3.58. The monoisotopic (exact) mass is 235 g/mol. The molecule has 0 aromatic heterocycles. The van der Waals surface area contributed by atoms with Crippen molar-refractivity contribution >= 4 is 0 Å². The Hall–Kier alpha value is -0.200. The van der Waals surface area contributed by atoms with Crippen LogP contribution >= 0.6 is 0 Å². The van der Waals surface area contributed by atoms with E-state index in [4.69, 9.17) is 15.3 Å². The molecular weight excluding hydrogens is 210 g/mol. The first kappa shape index (κ1) is 15.8. The van der Waals surface area contributed by atoms with Crippen LogP contribution in [0.15, 0.2) is 0 Å². The summed E-state index contributed by atoms with van der Waals surface area (Å²) in [6, 6.07) is 0. The maximum absolute atomic E-state index is 9.36. The Labute approximate surface area is 97.1 Å². The summed E-state index contributed by atoms with van der Waals surface area (Å²) in [4.78, 5) is 0. The smallest absolute Gasteiger partial charge is 0.0881 e. The molecule has 5 N–H and O–H groups in total. The average molecular weight is 235 g/mol. The van der Waals surface area contributed by atoms with Gasteiger partial charge in [0.2, 0.25) is 0 Å². The highest BCUT2D eigenvalue weighted by Gasteiger charge is 2.32. The van der Waals surface area contributed by atoms with Crippen molar-refractivity contribution in [2.45, 2.75) is 32.2 Å². The van der Waals surface area contributed by atoms with E-state index in [1.807, 2.05) is 13.8 Å². The van der Waals surface area contributed by atoms with Gasteiger partial charge in [-0.15, -0.1) is 0 Å². The van der Waals surface area contributed by atoms with E-state index >= 15 is 0 Å². The van der Waals surface area contributed by atoms with Crippen molar-refractivity contribution < 1.29 is 20.4 Å². The summed E-state index contributed by atoms with van der Waals surface area (Å²) in [6.07, 6.45) is 1.59. The quantitative estimate of drug-likeness (QED) is 0.357. The highest BCUT2D eigenvalue weighted by atomic mass is 16.3. The Kier molecular flexibility index (Phi) is 7.10. The standard InChI is InChI=1S/C11H25NO4/c1-3-10(4-2,6-13)5-12-11(7-14,8-15)9-16/h12-16H,3-9H2,1-2H3. The SMILES string of the molecule is CCC(CC)(CO)CNC(CO)(CO)CO. The van der Waals surface area contributed by atoms with E-state index in [-0.39, 0.29) is 31.8 Å². The molecule has 0 saturated heterocycles. The lowest BCUT2D eigenvalue weighted by atomic mass is 9.82. The fourth-order valence-corrected chi connectivity index (χ4v) is 1.47. The first-order chi connectivity index (χ1) is 7.57. The normalized spacial score (nSPS) is 13.1. The van der Waals surface area contributed by atoms with Crippen molar-refractivity contribution in [2.75, 3.05) is 33.0 Å². The third-order valence-corrected chi connectivity index (χ3v) is 3.58. The van der Waals surface area contributed by atoms with Crippen LogP contribution in [-0.2, 0) is 0 Å². The fourth-order valence-electron chi connectivity index (χ4n) is 1.47. The van der Waals surface area contributed by atoms with Crippen molar-refractivity contribution in [1.29, 1.82) is 0 Å². The van der Waals surface area contributed by atoms with Crippen LogP contribution in [0, 0.1) is 5.41 Å². The molecule has 0 aliphatic heterocycles. The predicted molar refractivity (Wildman–Crippen MR) is 62.1 cm³/mol. The zero-order chi connectivity index (χ0) is 12.7. The number of hydrogen-bond acceptors (Lipinski definition) is 5. The summed E-state index contributed by atoms with van der Waals surface area (Å²) in [5, 5.41) is 39.8. The Bertz CT molecular complexity index is 142. The van der Waals surface area contributed by atoms with Crippen molar-refractivity contribution in [3.05, 3.63) is 0 Å². The fraction of sp³-hybridized carbons (Fsp3) is 1.00. The molecule has 0 spiro atoms. The molecule has 0 bridgehead atoms. The highest BCUT2D eigenvalue weighted by molar-refractivity contribution is 4.90. The van der Waals surface area contributed by atoms with Gasteiger partial charge >= 0.3 is 0 Å². The molecule has 5 heteroatoms. The number of rotatable bonds is 9. The van der Waals surface area contributed by atoms with Crippen molar-refractivity contribution in [3.8, 4) is 0 Å². The van der Waals surface area contributed by atoms with Gasteiger partial charge in [0.15, 0.2) is 0 Å². The van der Waals surface area contributed by atoms with Gasteiger partial charge in [0.05, 0.1) is 25.4 Å². The van der Waals surface area contributed by atoms with Crippen LogP contribution in [0.4, 0.5) is 0 Å². The molecule has 5 nitrogen and oxygen atoms in total. The van der Waals surface area contributed by atoms with Crippen molar-refractivity contribution in [3.63, 3.8) is 0 Å². The minimum Gasteiger partial charge on any atom is -0.396 e. The highest BCUT2D eigenvalue weighted by Crippen LogP contribution is 2.25. The molecule has 0 fully saturated rings. The summed E-state index contributed by atoms with van der Waals surface area (Å²) in [6.45, 7) is 3.46. The summed E-state index contributed by atoms with van der Waals surface area (Å²) >= 11 is 0. The molecule has 16 heavy (non-hydrogen) atoms. The maximum Gasteiger partial charge on any atom is 0.0881 e. The van der Waals surface area contributed by atoms with Gasteiger partial charge < -0.3 is 25.7 Å². The van der Waals surface area contributed by atoms with Crippen LogP contribution in [-0.4, -0.2) is 58.9 Å². The van der Waals surface area contributed by atoms with E-state index < -0.39 is 5.54 Å². The van der Waals surface area contributed by atoms with Gasteiger partial charge in [0, 0.05) is 18.6 Å². The Morgan fingerprint density at radius 3 is 1.50 bits per heavy atom. The van der Waals surface area contributed by atoms with Gasteiger partial charge in [-0.25, -0.2) is 0 Å². The van der Waals surface area contributed by atoms with Gasteiger partial charge in [0.25, 0.3) is 0 Å². The van der Waals surface area contributed by atoms with E-state index in [1.54, 1.807) is 0 Å². The summed E-state index contributed by atoms with van der Waals surface area (Å²) in [5.74, 6) is 0. The topological polar surface area (TPSA) is 93.0 Å². The molecule has 0 atom stereocenters.